The van der Waals surface area contributed by atoms with E-state index in [9.17, 15) is 26.7 Å². The zero-order valence-corrected chi connectivity index (χ0v) is 13.0. The maximum absolute atomic E-state index is 13.6. The molecule has 132 valence electrons. The number of ether oxygens (including phenoxy) is 2. The van der Waals surface area contributed by atoms with E-state index in [4.69, 9.17) is 9.47 Å². The number of methoxy groups -OCH3 is 2. The summed E-state index contributed by atoms with van der Waals surface area (Å²) in [6.07, 6.45) is 1.19. The second kappa shape index (κ2) is 7.33. The van der Waals surface area contributed by atoms with Crippen molar-refractivity contribution in [2.24, 2.45) is 0 Å². The van der Waals surface area contributed by atoms with Gasteiger partial charge in [-0.15, -0.1) is 0 Å². The molecule has 0 fully saturated rings. The summed E-state index contributed by atoms with van der Waals surface area (Å²) in [6.45, 7) is 0. The monoisotopic (exact) mass is 358 g/mol. The number of benzene rings is 2. The summed E-state index contributed by atoms with van der Waals surface area (Å²) < 4.78 is 76.4. The molecule has 0 bridgehead atoms. The van der Waals surface area contributed by atoms with Crippen LogP contribution in [-0.2, 0) is 0 Å². The molecular formula is C17H11F5O3. The van der Waals surface area contributed by atoms with Crippen molar-refractivity contribution in [3.63, 3.8) is 0 Å². The molecule has 25 heavy (non-hydrogen) atoms. The summed E-state index contributed by atoms with van der Waals surface area (Å²) in [5.74, 6) is -10.8. The number of rotatable bonds is 5. The van der Waals surface area contributed by atoms with Gasteiger partial charge < -0.3 is 9.47 Å². The quantitative estimate of drug-likeness (QED) is 0.263. The van der Waals surface area contributed by atoms with Crippen LogP contribution >= 0.6 is 0 Å². The van der Waals surface area contributed by atoms with Gasteiger partial charge in [0.1, 0.15) is 11.5 Å². The summed E-state index contributed by atoms with van der Waals surface area (Å²) in [7, 11) is 2.66. The molecule has 0 aliphatic heterocycles. The molecule has 0 aliphatic rings. The molecule has 0 aliphatic carbocycles. The third kappa shape index (κ3) is 3.47. The Bertz CT molecular complexity index is 833. The van der Waals surface area contributed by atoms with Gasteiger partial charge in [-0.25, -0.2) is 22.0 Å². The summed E-state index contributed by atoms with van der Waals surface area (Å²) in [5.41, 5.74) is -1.23. The predicted octanol–water partition coefficient (Wildman–Crippen LogP) is 4.30. The largest absolute Gasteiger partial charge is 0.497 e. The Balaban J connectivity index is 2.46. The first-order valence-corrected chi connectivity index (χ1v) is 6.77. The molecule has 8 heteroatoms. The number of allylic oxidation sites excluding steroid dienone is 1. The lowest BCUT2D eigenvalue weighted by atomic mass is 10.1. The van der Waals surface area contributed by atoms with E-state index < -0.39 is 40.4 Å². The van der Waals surface area contributed by atoms with Crippen LogP contribution in [0, 0.1) is 29.1 Å². The smallest absolute Gasteiger partial charge is 0.200 e. The van der Waals surface area contributed by atoms with Gasteiger partial charge in [0.2, 0.25) is 5.82 Å². The maximum atomic E-state index is 13.6. The minimum atomic E-state index is -2.27. The normalized spacial score (nSPS) is 11.0. The number of hydrogen-bond donors (Lipinski definition) is 0. The number of carbonyl (C=O) groups is 1. The molecule has 0 atom stereocenters. The van der Waals surface area contributed by atoms with Gasteiger partial charge in [-0.2, -0.15) is 0 Å². The van der Waals surface area contributed by atoms with Crippen molar-refractivity contribution in [3.8, 4) is 11.5 Å². The van der Waals surface area contributed by atoms with Gasteiger partial charge in [-0.3, -0.25) is 4.79 Å². The molecule has 0 amide bonds. The van der Waals surface area contributed by atoms with Gasteiger partial charge >= 0.3 is 0 Å². The Morgan fingerprint density at radius 1 is 0.880 bits per heavy atom. The maximum Gasteiger partial charge on any atom is 0.200 e. The Morgan fingerprint density at radius 2 is 1.44 bits per heavy atom. The molecule has 3 nitrogen and oxygen atoms in total. The van der Waals surface area contributed by atoms with Gasteiger partial charge in [0.15, 0.2) is 29.1 Å². The Morgan fingerprint density at radius 3 is 1.96 bits per heavy atom. The average molecular weight is 358 g/mol. The van der Waals surface area contributed by atoms with Gasteiger partial charge in [-0.05, 0) is 30.4 Å². The van der Waals surface area contributed by atoms with Crippen LogP contribution in [0.1, 0.15) is 15.9 Å². The van der Waals surface area contributed by atoms with Crippen LogP contribution in [0.4, 0.5) is 22.0 Å². The Kier molecular flexibility index (Phi) is 5.41. The van der Waals surface area contributed by atoms with E-state index in [1.807, 2.05) is 0 Å². The Labute approximate surface area is 139 Å². The lowest BCUT2D eigenvalue weighted by molar-refractivity contribution is 0.104. The molecule has 2 aromatic rings. The third-order valence-electron chi connectivity index (χ3n) is 3.32. The number of halogens is 5. The van der Waals surface area contributed by atoms with Crippen LogP contribution < -0.4 is 9.47 Å². The topological polar surface area (TPSA) is 35.5 Å². The van der Waals surface area contributed by atoms with E-state index in [1.54, 1.807) is 0 Å². The van der Waals surface area contributed by atoms with Crippen LogP contribution in [0.3, 0.4) is 0 Å². The van der Waals surface area contributed by atoms with Crippen LogP contribution in [0.5, 0.6) is 11.5 Å². The fourth-order valence-corrected chi connectivity index (χ4v) is 2.02. The fraction of sp³-hybridized carbons (Fsp3) is 0.118. The Hall–Kier alpha value is -2.90. The zero-order valence-electron chi connectivity index (χ0n) is 13.0. The fourth-order valence-electron chi connectivity index (χ4n) is 2.02. The van der Waals surface area contributed by atoms with Gasteiger partial charge in [0.05, 0.1) is 25.3 Å². The molecule has 0 saturated carbocycles. The zero-order chi connectivity index (χ0) is 18.7. The van der Waals surface area contributed by atoms with E-state index in [2.05, 4.69) is 0 Å². The van der Waals surface area contributed by atoms with Crippen molar-refractivity contribution in [2.75, 3.05) is 14.2 Å². The van der Waals surface area contributed by atoms with Gasteiger partial charge in [-0.1, -0.05) is 0 Å². The third-order valence-corrected chi connectivity index (χ3v) is 3.32. The van der Waals surface area contributed by atoms with Crippen LogP contribution in [0.2, 0.25) is 0 Å². The van der Waals surface area contributed by atoms with Crippen molar-refractivity contribution in [1.82, 2.24) is 0 Å². The summed E-state index contributed by atoms with van der Waals surface area (Å²) in [6, 6.07) is 4.26. The van der Waals surface area contributed by atoms with Crippen LogP contribution in [0.25, 0.3) is 6.08 Å². The first-order chi connectivity index (χ1) is 11.8. The van der Waals surface area contributed by atoms with Crippen molar-refractivity contribution >= 4 is 11.9 Å². The summed E-state index contributed by atoms with van der Waals surface area (Å²) in [4.78, 5) is 12.2. The molecule has 2 aromatic carbocycles. The molecule has 0 radical (unpaired) electrons. The second-order valence-electron chi connectivity index (χ2n) is 4.75. The van der Waals surface area contributed by atoms with Crippen LogP contribution in [0.15, 0.2) is 24.3 Å². The van der Waals surface area contributed by atoms with E-state index in [1.165, 1.54) is 32.4 Å². The molecule has 0 heterocycles. The standard InChI is InChI=1S/C17H11F5O3/c1-24-8-3-6-12(25-2)10(7-8)11(23)5-4-9-13(18)15(20)17(22)16(21)14(9)19/h3-7H,1-2H3/b5-4+. The van der Waals surface area contributed by atoms with Crippen molar-refractivity contribution < 1.29 is 36.2 Å². The lowest BCUT2D eigenvalue weighted by Crippen LogP contribution is -2.05. The van der Waals surface area contributed by atoms with Crippen molar-refractivity contribution in [3.05, 3.63) is 64.5 Å². The minimum Gasteiger partial charge on any atom is -0.497 e. The minimum absolute atomic E-state index is 0.0121. The molecule has 0 saturated heterocycles. The van der Waals surface area contributed by atoms with Gasteiger partial charge in [0.25, 0.3) is 0 Å². The van der Waals surface area contributed by atoms with Crippen LogP contribution in [-0.4, -0.2) is 20.0 Å². The van der Waals surface area contributed by atoms with Crippen molar-refractivity contribution in [1.29, 1.82) is 0 Å². The molecule has 0 aromatic heterocycles. The lowest BCUT2D eigenvalue weighted by Gasteiger charge is -2.08. The first-order valence-electron chi connectivity index (χ1n) is 6.77. The van der Waals surface area contributed by atoms with E-state index in [0.29, 0.717) is 17.9 Å². The number of hydrogen-bond acceptors (Lipinski definition) is 3. The second-order valence-corrected chi connectivity index (χ2v) is 4.75. The molecular weight excluding hydrogens is 347 g/mol. The van der Waals surface area contributed by atoms with E-state index in [-0.39, 0.29) is 11.3 Å². The summed E-state index contributed by atoms with van der Waals surface area (Å²) >= 11 is 0. The molecule has 0 N–H and O–H groups in total. The van der Waals surface area contributed by atoms with Crippen molar-refractivity contribution in [2.45, 2.75) is 0 Å². The summed E-state index contributed by atoms with van der Waals surface area (Å²) in [5, 5.41) is 0. The SMILES string of the molecule is COc1ccc(OC)c(C(=O)/C=C/c2c(F)c(F)c(F)c(F)c2F)c1. The first kappa shape index (κ1) is 18.4. The molecule has 2 rings (SSSR count). The van der Waals surface area contributed by atoms with E-state index in [0.717, 1.165) is 0 Å². The highest BCUT2D eigenvalue weighted by Crippen LogP contribution is 2.27. The molecule has 0 unspecified atom stereocenters. The highest BCUT2D eigenvalue weighted by molar-refractivity contribution is 6.08. The van der Waals surface area contributed by atoms with E-state index >= 15 is 0 Å². The highest BCUT2D eigenvalue weighted by atomic mass is 19.2. The van der Waals surface area contributed by atoms with Gasteiger partial charge in [0, 0.05) is 0 Å². The number of ketones is 1. The highest BCUT2D eigenvalue weighted by Gasteiger charge is 2.24. The predicted molar refractivity (Wildman–Crippen MR) is 79.1 cm³/mol. The number of carbonyl (C=O) groups excluding carboxylic acids is 1. The molecule has 0 spiro atoms. The average Bonchev–Trinajstić information content (AvgIpc) is 2.63.